The molecule has 0 spiro atoms. The number of hydrogen-bond donors (Lipinski definition) is 2. The van der Waals surface area contributed by atoms with Crippen molar-refractivity contribution in [1.82, 2.24) is 14.3 Å². The fourth-order valence-electron chi connectivity index (χ4n) is 4.43. The van der Waals surface area contributed by atoms with Crippen molar-refractivity contribution in [3.05, 3.63) is 35.6 Å². The Bertz CT molecular complexity index is 784. The van der Waals surface area contributed by atoms with Crippen molar-refractivity contribution in [3.63, 3.8) is 0 Å². The van der Waals surface area contributed by atoms with Crippen molar-refractivity contribution >= 4 is 10.2 Å². The first-order chi connectivity index (χ1) is 14.3. The molecule has 1 heterocycles. The Hall–Kier alpha value is -1.10. The van der Waals surface area contributed by atoms with Gasteiger partial charge in [0.05, 0.1) is 19.3 Å². The van der Waals surface area contributed by atoms with Crippen LogP contribution >= 0.6 is 0 Å². The predicted octanol–water partition coefficient (Wildman–Crippen LogP) is 2.01. The lowest BCUT2D eigenvalue weighted by atomic mass is 9.83. The van der Waals surface area contributed by atoms with Crippen LogP contribution in [0.2, 0.25) is 0 Å². The number of hydrogen-bond acceptors (Lipinski definition) is 5. The van der Waals surface area contributed by atoms with Crippen LogP contribution in [0.5, 0.6) is 0 Å². The van der Waals surface area contributed by atoms with Crippen LogP contribution in [0.1, 0.15) is 43.6 Å². The van der Waals surface area contributed by atoms with Crippen LogP contribution in [0, 0.1) is 5.82 Å². The summed E-state index contributed by atoms with van der Waals surface area (Å²) in [5.74, 6) is 0.186. The third kappa shape index (κ3) is 6.21. The molecule has 7 nitrogen and oxygen atoms in total. The molecule has 2 fully saturated rings. The maximum Gasteiger partial charge on any atom is 0.279 e. The maximum absolute atomic E-state index is 13.5. The van der Waals surface area contributed by atoms with Crippen LogP contribution in [0.25, 0.3) is 0 Å². The van der Waals surface area contributed by atoms with E-state index in [1.807, 2.05) is 6.07 Å². The molecule has 1 aromatic rings. The quantitative estimate of drug-likeness (QED) is 0.610. The highest BCUT2D eigenvalue weighted by Crippen LogP contribution is 2.34. The first kappa shape index (κ1) is 23.6. The molecule has 1 saturated carbocycles. The summed E-state index contributed by atoms with van der Waals surface area (Å²) in [7, 11) is 1.15. The van der Waals surface area contributed by atoms with Gasteiger partial charge in [-0.15, -0.1) is 0 Å². The SMILES string of the molecule is COC[C@@H]1C[C@H](NS(=O)(=O)N(C)C)[C@H](CO[C@H]2CC[C@@H](c3cccc(F)c3)CC2)N1. The van der Waals surface area contributed by atoms with Gasteiger partial charge in [-0.25, -0.2) is 4.39 Å². The van der Waals surface area contributed by atoms with Crippen molar-refractivity contribution in [3.8, 4) is 0 Å². The minimum Gasteiger partial charge on any atom is -0.383 e. The Morgan fingerprint density at radius 1 is 1.20 bits per heavy atom. The maximum atomic E-state index is 13.5. The molecule has 2 aliphatic rings. The Balaban J connectivity index is 1.52. The zero-order valence-electron chi connectivity index (χ0n) is 18.0. The molecule has 30 heavy (non-hydrogen) atoms. The van der Waals surface area contributed by atoms with E-state index in [2.05, 4.69) is 10.0 Å². The molecule has 0 radical (unpaired) electrons. The summed E-state index contributed by atoms with van der Waals surface area (Å²) in [6.07, 6.45) is 4.57. The zero-order valence-corrected chi connectivity index (χ0v) is 18.8. The molecule has 0 bridgehead atoms. The third-order valence-electron chi connectivity index (χ3n) is 6.13. The number of rotatable bonds is 9. The first-order valence-electron chi connectivity index (χ1n) is 10.6. The standard InChI is InChI=1S/C21H34FN3O4S/c1-25(2)30(26,27)24-20-12-18(13-28-3)23-21(20)14-29-19-9-7-15(8-10-19)16-5-4-6-17(22)11-16/h4-6,11,15,18-21,23-24H,7-10,12-14H2,1-3H3/t15-,18-,19+,20-,21-/m0/s1. The van der Waals surface area contributed by atoms with E-state index < -0.39 is 10.2 Å². The summed E-state index contributed by atoms with van der Waals surface area (Å²) in [4.78, 5) is 0. The molecule has 3 atom stereocenters. The van der Waals surface area contributed by atoms with Crippen LogP contribution in [0.3, 0.4) is 0 Å². The number of ether oxygens (including phenoxy) is 2. The minimum atomic E-state index is -3.52. The monoisotopic (exact) mass is 443 g/mol. The molecular formula is C21H34FN3O4S. The van der Waals surface area contributed by atoms with Gasteiger partial charge in [-0.2, -0.15) is 17.4 Å². The first-order valence-corrected chi connectivity index (χ1v) is 12.0. The fraction of sp³-hybridized carbons (Fsp3) is 0.714. The average molecular weight is 444 g/mol. The van der Waals surface area contributed by atoms with E-state index in [-0.39, 0.29) is 30.0 Å². The van der Waals surface area contributed by atoms with Gasteiger partial charge in [0.2, 0.25) is 0 Å². The van der Waals surface area contributed by atoms with E-state index in [4.69, 9.17) is 9.47 Å². The number of halogens is 1. The molecule has 170 valence electrons. The van der Waals surface area contributed by atoms with E-state index >= 15 is 0 Å². The van der Waals surface area contributed by atoms with E-state index in [0.29, 0.717) is 25.6 Å². The molecule has 0 amide bonds. The molecule has 9 heteroatoms. The highest BCUT2D eigenvalue weighted by molar-refractivity contribution is 7.87. The van der Waals surface area contributed by atoms with Gasteiger partial charge in [0.1, 0.15) is 5.82 Å². The third-order valence-corrected chi connectivity index (χ3v) is 7.69. The number of nitrogens with zero attached hydrogens (tertiary/aromatic N) is 1. The number of methoxy groups -OCH3 is 1. The smallest absolute Gasteiger partial charge is 0.279 e. The highest BCUT2D eigenvalue weighted by Gasteiger charge is 2.37. The Morgan fingerprint density at radius 3 is 2.57 bits per heavy atom. The van der Waals surface area contributed by atoms with E-state index in [1.54, 1.807) is 19.2 Å². The van der Waals surface area contributed by atoms with Crippen molar-refractivity contribution in [2.24, 2.45) is 0 Å². The summed E-state index contributed by atoms with van der Waals surface area (Å²) in [5.41, 5.74) is 1.06. The molecule has 0 aromatic heterocycles. The van der Waals surface area contributed by atoms with Gasteiger partial charge in [-0.05, 0) is 55.7 Å². The fourth-order valence-corrected chi connectivity index (χ4v) is 5.28. The second-order valence-corrected chi connectivity index (χ2v) is 10.5. The van der Waals surface area contributed by atoms with Crippen molar-refractivity contribution in [2.45, 2.75) is 62.3 Å². The lowest BCUT2D eigenvalue weighted by Gasteiger charge is -2.30. The lowest BCUT2D eigenvalue weighted by molar-refractivity contribution is 0.0116. The zero-order chi connectivity index (χ0) is 21.7. The topological polar surface area (TPSA) is 79.9 Å². The van der Waals surface area contributed by atoms with Crippen LogP contribution < -0.4 is 10.0 Å². The molecule has 1 aromatic carbocycles. The molecule has 3 rings (SSSR count). The van der Waals surface area contributed by atoms with Gasteiger partial charge < -0.3 is 14.8 Å². The van der Waals surface area contributed by atoms with Gasteiger partial charge in [0.15, 0.2) is 0 Å². The van der Waals surface area contributed by atoms with Gasteiger partial charge in [-0.1, -0.05) is 12.1 Å². The molecule has 1 aliphatic heterocycles. The lowest BCUT2D eigenvalue weighted by Crippen LogP contribution is -2.49. The van der Waals surface area contributed by atoms with Crippen LogP contribution in [-0.2, 0) is 19.7 Å². The molecule has 1 saturated heterocycles. The average Bonchev–Trinajstić information content (AvgIpc) is 3.07. The Morgan fingerprint density at radius 2 is 1.93 bits per heavy atom. The van der Waals surface area contributed by atoms with Crippen LogP contribution in [0.4, 0.5) is 4.39 Å². The van der Waals surface area contributed by atoms with Gasteiger partial charge in [-0.3, -0.25) is 0 Å². The predicted molar refractivity (Wildman–Crippen MR) is 114 cm³/mol. The molecule has 0 unspecified atom stereocenters. The largest absolute Gasteiger partial charge is 0.383 e. The Labute approximate surface area is 179 Å². The summed E-state index contributed by atoms with van der Waals surface area (Å²) in [6, 6.07) is 6.60. The summed E-state index contributed by atoms with van der Waals surface area (Å²) in [6.45, 7) is 0.964. The molecular weight excluding hydrogens is 409 g/mol. The second kappa shape index (κ2) is 10.5. The molecule has 1 aliphatic carbocycles. The second-order valence-electron chi connectivity index (χ2n) is 8.53. The minimum absolute atomic E-state index is 0.0853. The summed E-state index contributed by atoms with van der Waals surface area (Å²) < 4.78 is 53.4. The van der Waals surface area contributed by atoms with E-state index in [9.17, 15) is 12.8 Å². The molecule has 2 N–H and O–H groups in total. The highest BCUT2D eigenvalue weighted by atomic mass is 32.2. The van der Waals surface area contributed by atoms with Crippen molar-refractivity contribution in [1.29, 1.82) is 0 Å². The van der Waals surface area contributed by atoms with Crippen molar-refractivity contribution in [2.75, 3.05) is 34.4 Å². The van der Waals surface area contributed by atoms with Crippen LogP contribution in [0.15, 0.2) is 24.3 Å². The summed E-state index contributed by atoms with van der Waals surface area (Å²) in [5, 5.41) is 3.45. The van der Waals surface area contributed by atoms with E-state index in [0.717, 1.165) is 31.2 Å². The van der Waals surface area contributed by atoms with Crippen LogP contribution in [-0.4, -0.2) is 71.4 Å². The number of benzene rings is 1. The Kier molecular flexibility index (Phi) is 8.23. The van der Waals surface area contributed by atoms with Gasteiger partial charge in [0.25, 0.3) is 10.2 Å². The summed E-state index contributed by atoms with van der Waals surface area (Å²) >= 11 is 0. The van der Waals surface area contributed by atoms with Gasteiger partial charge >= 0.3 is 0 Å². The normalized spacial score (nSPS) is 30.1. The van der Waals surface area contributed by atoms with Crippen molar-refractivity contribution < 1.29 is 22.3 Å². The number of nitrogens with one attached hydrogen (secondary N) is 2. The van der Waals surface area contributed by atoms with Gasteiger partial charge in [0, 0.05) is 39.3 Å². The van der Waals surface area contributed by atoms with E-state index in [1.165, 1.54) is 24.5 Å².